The lowest BCUT2D eigenvalue weighted by atomic mass is 9.90. The lowest BCUT2D eigenvalue weighted by Gasteiger charge is -2.39. The lowest BCUT2D eigenvalue weighted by Crippen LogP contribution is -2.51. The van der Waals surface area contributed by atoms with E-state index in [4.69, 9.17) is 4.74 Å². The lowest BCUT2D eigenvalue weighted by molar-refractivity contribution is -0.0409. The van der Waals surface area contributed by atoms with E-state index >= 15 is 0 Å². The number of nitrogens with one attached hydrogen (secondary N) is 1. The second-order valence-electron chi connectivity index (χ2n) is 7.90. The van der Waals surface area contributed by atoms with Gasteiger partial charge in [0.1, 0.15) is 0 Å². The summed E-state index contributed by atoms with van der Waals surface area (Å²) in [5.41, 5.74) is 3.77. The van der Waals surface area contributed by atoms with Gasteiger partial charge >= 0.3 is 6.03 Å². The Morgan fingerprint density at radius 3 is 2.30 bits per heavy atom. The number of rotatable bonds is 2. The van der Waals surface area contributed by atoms with Gasteiger partial charge in [0.25, 0.3) is 0 Å². The van der Waals surface area contributed by atoms with Crippen LogP contribution >= 0.6 is 0 Å². The smallest absolute Gasteiger partial charge is 0.318 e. The van der Waals surface area contributed by atoms with Gasteiger partial charge in [-0.3, -0.25) is 0 Å². The number of urea groups is 1. The summed E-state index contributed by atoms with van der Waals surface area (Å²) in [6.45, 7) is 4.81. The summed E-state index contributed by atoms with van der Waals surface area (Å²) < 4.78 is 5.82. The maximum Gasteiger partial charge on any atom is 0.318 e. The molecule has 2 amide bonds. The highest BCUT2D eigenvalue weighted by molar-refractivity contribution is 5.75. The van der Waals surface area contributed by atoms with Gasteiger partial charge in [0.15, 0.2) is 0 Å². The number of carbonyl (C=O) groups excluding carboxylic acids is 1. The summed E-state index contributed by atoms with van der Waals surface area (Å²) in [6.07, 6.45) is 2.97. The van der Waals surface area contributed by atoms with E-state index in [9.17, 15) is 4.79 Å². The van der Waals surface area contributed by atoms with Crippen molar-refractivity contribution in [2.24, 2.45) is 0 Å². The molecule has 0 unspecified atom stereocenters. The van der Waals surface area contributed by atoms with Crippen molar-refractivity contribution in [2.75, 3.05) is 0 Å². The molecule has 2 heterocycles. The Kier molecular flexibility index (Phi) is 5.17. The average Bonchev–Trinajstić information content (AvgIpc) is 2.67. The first kappa shape index (κ1) is 18.1. The zero-order valence-electron chi connectivity index (χ0n) is 16.1. The molecule has 0 bridgehead atoms. The van der Waals surface area contributed by atoms with E-state index in [1.165, 1.54) is 16.7 Å². The molecule has 1 N–H and O–H groups in total. The maximum atomic E-state index is 13.2. The van der Waals surface area contributed by atoms with E-state index in [1.807, 2.05) is 23.1 Å². The summed E-state index contributed by atoms with van der Waals surface area (Å²) in [6, 6.07) is 19.1. The molecule has 0 radical (unpaired) electrons. The van der Waals surface area contributed by atoms with Crippen molar-refractivity contribution in [1.82, 2.24) is 10.2 Å². The average molecular weight is 364 g/mol. The summed E-state index contributed by atoms with van der Waals surface area (Å²) in [7, 11) is 0. The SMILES string of the molecule is C[C@@H]1CC(NC(=O)N2Cc3ccccc3C[C@@H]2c2ccccc2)C[C@@H](C)O1. The molecule has 0 spiro atoms. The fourth-order valence-corrected chi connectivity index (χ4v) is 4.49. The van der Waals surface area contributed by atoms with Crippen molar-refractivity contribution in [3.63, 3.8) is 0 Å². The number of ether oxygens (including phenoxy) is 1. The van der Waals surface area contributed by atoms with Gasteiger partial charge in [0, 0.05) is 12.6 Å². The molecule has 0 aliphatic carbocycles. The standard InChI is InChI=1S/C23H28N2O2/c1-16-12-21(13-17(2)27-16)24-23(26)25-15-20-11-7-6-10-19(20)14-22(25)18-8-4-3-5-9-18/h3-11,16-17,21-22H,12-15H2,1-2H3,(H,24,26)/t16-,17-,22-/m1/s1. The number of nitrogens with zero attached hydrogens (tertiary/aromatic N) is 1. The molecule has 0 aromatic heterocycles. The van der Waals surface area contributed by atoms with Crippen molar-refractivity contribution >= 4 is 6.03 Å². The highest BCUT2D eigenvalue weighted by Crippen LogP contribution is 2.33. The number of hydrogen-bond acceptors (Lipinski definition) is 2. The normalized spacial score (nSPS) is 27.7. The minimum Gasteiger partial charge on any atom is -0.375 e. The van der Waals surface area contributed by atoms with Gasteiger partial charge in [0.2, 0.25) is 0 Å². The maximum absolute atomic E-state index is 13.2. The molecule has 4 nitrogen and oxygen atoms in total. The first-order chi connectivity index (χ1) is 13.1. The monoisotopic (exact) mass is 364 g/mol. The molecular formula is C23H28N2O2. The minimum atomic E-state index is 0.0321. The molecule has 27 heavy (non-hydrogen) atoms. The summed E-state index contributed by atoms with van der Waals surface area (Å²) in [4.78, 5) is 15.2. The van der Waals surface area contributed by atoms with Crippen molar-refractivity contribution < 1.29 is 9.53 Å². The highest BCUT2D eigenvalue weighted by Gasteiger charge is 2.33. The van der Waals surface area contributed by atoms with Crippen LogP contribution in [0.15, 0.2) is 54.6 Å². The third kappa shape index (κ3) is 4.01. The summed E-state index contributed by atoms with van der Waals surface area (Å²) in [5, 5.41) is 3.29. The molecule has 3 atom stereocenters. The van der Waals surface area contributed by atoms with E-state index in [2.05, 4.69) is 55.6 Å². The van der Waals surface area contributed by atoms with E-state index in [0.29, 0.717) is 6.54 Å². The zero-order valence-corrected chi connectivity index (χ0v) is 16.1. The van der Waals surface area contributed by atoms with Crippen LogP contribution < -0.4 is 5.32 Å². The fourth-order valence-electron chi connectivity index (χ4n) is 4.49. The number of amides is 2. The van der Waals surface area contributed by atoms with Crippen LogP contribution in [0.3, 0.4) is 0 Å². The van der Waals surface area contributed by atoms with Crippen LogP contribution in [0, 0.1) is 0 Å². The molecule has 4 rings (SSSR count). The Hall–Kier alpha value is -2.33. The largest absolute Gasteiger partial charge is 0.375 e. The van der Waals surface area contributed by atoms with Crippen LogP contribution in [-0.2, 0) is 17.7 Å². The van der Waals surface area contributed by atoms with Crippen molar-refractivity contribution in [2.45, 2.75) is 63.9 Å². The first-order valence-corrected chi connectivity index (χ1v) is 9.94. The van der Waals surface area contributed by atoms with Crippen LogP contribution in [0.25, 0.3) is 0 Å². The molecule has 2 aromatic carbocycles. The van der Waals surface area contributed by atoms with E-state index in [1.54, 1.807) is 0 Å². The van der Waals surface area contributed by atoms with Gasteiger partial charge in [-0.25, -0.2) is 4.79 Å². The fraction of sp³-hybridized carbons (Fsp3) is 0.435. The summed E-state index contributed by atoms with van der Waals surface area (Å²) >= 11 is 0. The number of fused-ring (bicyclic) bond motifs is 1. The van der Waals surface area contributed by atoms with E-state index < -0.39 is 0 Å². The predicted octanol–water partition coefficient (Wildman–Crippen LogP) is 4.45. The Balaban J connectivity index is 1.57. The number of hydrogen-bond donors (Lipinski definition) is 1. The Labute approximate surface area is 161 Å². The van der Waals surface area contributed by atoms with Crippen LogP contribution in [0.2, 0.25) is 0 Å². The third-order valence-electron chi connectivity index (χ3n) is 5.72. The second kappa shape index (κ2) is 7.73. The van der Waals surface area contributed by atoms with Crippen molar-refractivity contribution in [3.8, 4) is 0 Å². The minimum absolute atomic E-state index is 0.0321. The molecule has 1 saturated heterocycles. The van der Waals surface area contributed by atoms with Crippen molar-refractivity contribution in [1.29, 1.82) is 0 Å². The van der Waals surface area contributed by atoms with Crippen LogP contribution in [0.1, 0.15) is 49.4 Å². The van der Waals surface area contributed by atoms with E-state index in [-0.39, 0.29) is 30.3 Å². The third-order valence-corrected chi connectivity index (χ3v) is 5.72. The van der Waals surface area contributed by atoms with Gasteiger partial charge in [-0.15, -0.1) is 0 Å². The number of benzene rings is 2. The van der Waals surface area contributed by atoms with Gasteiger partial charge < -0.3 is 15.0 Å². The Morgan fingerprint density at radius 2 is 1.59 bits per heavy atom. The van der Waals surface area contributed by atoms with Crippen molar-refractivity contribution in [3.05, 3.63) is 71.3 Å². The topological polar surface area (TPSA) is 41.6 Å². The second-order valence-corrected chi connectivity index (χ2v) is 7.90. The van der Waals surface area contributed by atoms with Gasteiger partial charge in [0.05, 0.1) is 18.2 Å². The molecule has 2 aliphatic rings. The molecular weight excluding hydrogens is 336 g/mol. The zero-order chi connectivity index (χ0) is 18.8. The highest BCUT2D eigenvalue weighted by atomic mass is 16.5. The van der Waals surface area contributed by atoms with Crippen LogP contribution in [0.4, 0.5) is 4.79 Å². The van der Waals surface area contributed by atoms with Crippen LogP contribution in [-0.4, -0.2) is 29.2 Å². The van der Waals surface area contributed by atoms with Gasteiger partial charge in [-0.05, 0) is 49.8 Å². The van der Waals surface area contributed by atoms with Crippen LogP contribution in [0.5, 0.6) is 0 Å². The van der Waals surface area contributed by atoms with Gasteiger partial charge in [-0.2, -0.15) is 0 Å². The molecule has 1 fully saturated rings. The Bertz CT molecular complexity index is 782. The molecule has 0 saturated carbocycles. The Morgan fingerprint density at radius 1 is 0.963 bits per heavy atom. The summed E-state index contributed by atoms with van der Waals surface area (Å²) in [5.74, 6) is 0. The van der Waals surface area contributed by atoms with Gasteiger partial charge in [-0.1, -0.05) is 54.6 Å². The van der Waals surface area contributed by atoms with E-state index in [0.717, 1.165) is 19.3 Å². The predicted molar refractivity (Wildman–Crippen MR) is 106 cm³/mol. The molecule has 2 aliphatic heterocycles. The molecule has 4 heteroatoms. The molecule has 142 valence electrons. The quantitative estimate of drug-likeness (QED) is 0.855. The number of carbonyl (C=O) groups is 1. The molecule has 2 aromatic rings. The first-order valence-electron chi connectivity index (χ1n) is 9.94.